The van der Waals surface area contributed by atoms with Gasteiger partial charge in [0.15, 0.2) is 0 Å². The maximum atomic E-state index is 5.12. The lowest BCUT2D eigenvalue weighted by Crippen LogP contribution is -2.51. The van der Waals surface area contributed by atoms with E-state index < -0.39 is 0 Å². The van der Waals surface area contributed by atoms with E-state index >= 15 is 0 Å². The summed E-state index contributed by atoms with van der Waals surface area (Å²) in [5.74, 6) is 0.933. The third-order valence-corrected chi connectivity index (χ3v) is 4.92. The van der Waals surface area contributed by atoms with Crippen molar-refractivity contribution in [3.05, 3.63) is 0 Å². The SMILES string of the molecule is COCCNC1C2(C)CCC(C2)C1(C)C. The van der Waals surface area contributed by atoms with Gasteiger partial charge in [0, 0.05) is 19.7 Å². The molecule has 1 N–H and O–H groups in total. The smallest absolute Gasteiger partial charge is 0.0587 e. The molecule has 0 aliphatic heterocycles. The topological polar surface area (TPSA) is 21.3 Å². The van der Waals surface area contributed by atoms with E-state index in [2.05, 4.69) is 26.1 Å². The zero-order chi connectivity index (χ0) is 11.1. The summed E-state index contributed by atoms with van der Waals surface area (Å²) in [7, 11) is 1.77. The van der Waals surface area contributed by atoms with Gasteiger partial charge in [-0.3, -0.25) is 0 Å². The van der Waals surface area contributed by atoms with E-state index in [0.29, 0.717) is 16.9 Å². The molecule has 2 aliphatic rings. The summed E-state index contributed by atoms with van der Waals surface area (Å²) in [6, 6.07) is 0.680. The summed E-state index contributed by atoms with van der Waals surface area (Å²) in [5.41, 5.74) is 1.02. The largest absolute Gasteiger partial charge is 0.383 e. The molecule has 0 aromatic heterocycles. The molecule has 0 heterocycles. The lowest BCUT2D eigenvalue weighted by molar-refractivity contribution is 0.0985. The van der Waals surface area contributed by atoms with Crippen molar-refractivity contribution in [2.75, 3.05) is 20.3 Å². The lowest BCUT2D eigenvalue weighted by Gasteiger charge is -2.43. The average molecular weight is 211 g/mol. The number of fused-ring (bicyclic) bond motifs is 2. The minimum atomic E-state index is 0.473. The maximum Gasteiger partial charge on any atom is 0.0587 e. The van der Waals surface area contributed by atoms with Crippen molar-refractivity contribution in [1.29, 1.82) is 0 Å². The van der Waals surface area contributed by atoms with Crippen LogP contribution in [0.4, 0.5) is 0 Å². The molecule has 0 saturated heterocycles. The van der Waals surface area contributed by atoms with Crippen LogP contribution in [-0.4, -0.2) is 26.3 Å². The Kier molecular flexibility index (Phi) is 2.85. The molecule has 2 heteroatoms. The van der Waals surface area contributed by atoms with Crippen LogP contribution in [-0.2, 0) is 4.74 Å². The van der Waals surface area contributed by atoms with Gasteiger partial charge in [-0.25, -0.2) is 0 Å². The third-order valence-electron chi connectivity index (χ3n) is 4.92. The number of hydrogen-bond acceptors (Lipinski definition) is 2. The number of methoxy groups -OCH3 is 1. The molecule has 0 aromatic rings. The van der Waals surface area contributed by atoms with Gasteiger partial charge in [0.05, 0.1) is 6.61 Å². The Morgan fingerprint density at radius 2 is 2.07 bits per heavy atom. The van der Waals surface area contributed by atoms with Crippen LogP contribution < -0.4 is 5.32 Å². The predicted molar refractivity (Wildman–Crippen MR) is 62.9 cm³/mol. The van der Waals surface area contributed by atoms with Crippen molar-refractivity contribution >= 4 is 0 Å². The van der Waals surface area contributed by atoms with Crippen molar-refractivity contribution in [2.24, 2.45) is 16.7 Å². The molecule has 2 fully saturated rings. The normalized spacial score (nSPS) is 42.4. The molecule has 15 heavy (non-hydrogen) atoms. The third kappa shape index (κ3) is 1.72. The molecule has 0 amide bonds. The number of nitrogens with one attached hydrogen (secondary N) is 1. The molecule has 88 valence electrons. The van der Waals surface area contributed by atoms with E-state index in [0.717, 1.165) is 19.1 Å². The van der Waals surface area contributed by atoms with Crippen LogP contribution in [0.5, 0.6) is 0 Å². The van der Waals surface area contributed by atoms with Gasteiger partial charge in [-0.15, -0.1) is 0 Å². The van der Waals surface area contributed by atoms with E-state index in [9.17, 15) is 0 Å². The standard InChI is InChI=1S/C13H25NO/c1-12(2)10-5-6-13(3,9-10)11(12)14-7-8-15-4/h10-11,14H,5-9H2,1-4H3. The molecule has 2 aliphatic carbocycles. The maximum absolute atomic E-state index is 5.12. The average Bonchev–Trinajstić information content (AvgIpc) is 2.62. The highest BCUT2D eigenvalue weighted by molar-refractivity contribution is 5.11. The fourth-order valence-corrected chi connectivity index (χ4v) is 4.12. The summed E-state index contributed by atoms with van der Waals surface area (Å²) in [6.07, 6.45) is 4.27. The molecule has 0 radical (unpaired) electrons. The van der Waals surface area contributed by atoms with Gasteiger partial charge < -0.3 is 10.1 Å². The zero-order valence-corrected chi connectivity index (χ0v) is 10.6. The first kappa shape index (κ1) is 11.4. The van der Waals surface area contributed by atoms with Crippen LogP contribution in [0, 0.1) is 16.7 Å². The molecule has 3 unspecified atom stereocenters. The van der Waals surface area contributed by atoms with Gasteiger partial charge in [-0.1, -0.05) is 20.8 Å². The number of hydrogen-bond donors (Lipinski definition) is 1. The summed E-state index contributed by atoms with van der Waals surface area (Å²) >= 11 is 0. The second-order valence-electron chi connectivity index (χ2n) is 6.30. The first-order chi connectivity index (χ1) is 7.00. The van der Waals surface area contributed by atoms with E-state index in [1.54, 1.807) is 7.11 Å². The van der Waals surface area contributed by atoms with Crippen molar-refractivity contribution in [2.45, 2.75) is 46.1 Å². The fraction of sp³-hybridized carbons (Fsp3) is 1.00. The summed E-state index contributed by atoms with van der Waals surface area (Å²) in [4.78, 5) is 0. The highest BCUT2D eigenvalue weighted by Crippen LogP contribution is 2.62. The molecule has 2 rings (SSSR count). The Balaban J connectivity index is 2.02. The molecular formula is C13H25NO. The number of rotatable bonds is 4. The van der Waals surface area contributed by atoms with Crippen molar-refractivity contribution in [3.63, 3.8) is 0 Å². The van der Waals surface area contributed by atoms with Crippen molar-refractivity contribution in [3.8, 4) is 0 Å². The Hall–Kier alpha value is -0.0800. The summed E-state index contributed by atoms with van der Waals surface area (Å²) in [6.45, 7) is 9.16. The van der Waals surface area contributed by atoms with Gasteiger partial charge >= 0.3 is 0 Å². The Labute approximate surface area is 93.8 Å². The van der Waals surface area contributed by atoms with Crippen LogP contribution in [0.25, 0.3) is 0 Å². The van der Waals surface area contributed by atoms with Crippen LogP contribution in [0.15, 0.2) is 0 Å². The van der Waals surface area contributed by atoms with E-state index in [-0.39, 0.29) is 0 Å². The minimum Gasteiger partial charge on any atom is -0.383 e. The van der Waals surface area contributed by atoms with E-state index in [1.807, 2.05) is 0 Å². The van der Waals surface area contributed by atoms with Crippen LogP contribution in [0.3, 0.4) is 0 Å². The highest BCUT2D eigenvalue weighted by Gasteiger charge is 2.58. The van der Waals surface area contributed by atoms with Crippen molar-refractivity contribution in [1.82, 2.24) is 5.32 Å². The first-order valence-electron chi connectivity index (χ1n) is 6.23. The van der Waals surface area contributed by atoms with Gasteiger partial charge in [0.2, 0.25) is 0 Å². The zero-order valence-electron chi connectivity index (χ0n) is 10.6. The Morgan fingerprint density at radius 3 is 2.60 bits per heavy atom. The van der Waals surface area contributed by atoms with Crippen LogP contribution in [0.1, 0.15) is 40.0 Å². The minimum absolute atomic E-state index is 0.473. The Bertz CT molecular complexity index is 234. The van der Waals surface area contributed by atoms with Crippen molar-refractivity contribution < 1.29 is 4.74 Å². The van der Waals surface area contributed by atoms with E-state index in [1.165, 1.54) is 19.3 Å². The quantitative estimate of drug-likeness (QED) is 0.721. The summed E-state index contributed by atoms with van der Waals surface area (Å²) in [5, 5.41) is 3.72. The second-order valence-corrected chi connectivity index (χ2v) is 6.30. The predicted octanol–water partition coefficient (Wildman–Crippen LogP) is 2.44. The molecule has 0 spiro atoms. The van der Waals surface area contributed by atoms with Gasteiger partial charge in [0.1, 0.15) is 0 Å². The number of ether oxygens (including phenoxy) is 1. The van der Waals surface area contributed by atoms with E-state index in [4.69, 9.17) is 4.74 Å². The van der Waals surface area contributed by atoms with Crippen LogP contribution in [0.2, 0.25) is 0 Å². The molecule has 2 saturated carbocycles. The molecule has 2 bridgehead atoms. The summed E-state index contributed by atoms with van der Waals surface area (Å²) < 4.78 is 5.12. The molecule has 0 aromatic carbocycles. The van der Waals surface area contributed by atoms with Gasteiger partial charge in [-0.05, 0) is 36.0 Å². The van der Waals surface area contributed by atoms with Crippen LogP contribution >= 0.6 is 0 Å². The monoisotopic (exact) mass is 211 g/mol. The molecule has 3 atom stereocenters. The second kappa shape index (κ2) is 3.74. The molecule has 2 nitrogen and oxygen atoms in total. The lowest BCUT2D eigenvalue weighted by atomic mass is 9.68. The Morgan fingerprint density at radius 1 is 1.33 bits per heavy atom. The molecular weight excluding hydrogens is 186 g/mol. The van der Waals surface area contributed by atoms with Gasteiger partial charge in [-0.2, -0.15) is 0 Å². The fourth-order valence-electron chi connectivity index (χ4n) is 4.12. The van der Waals surface area contributed by atoms with Gasteiger partial charge in [0.25, 0.3) is 0 Å². The first-order valence-corrected chi connectivity index (χ1v) is 6.23. The highest BCUT2D eigenvalue weighted by atomic mass is 16.5.